The average Bonchev–Trinajstić information content (AvgIpc) is 2.67. The van der Waals surface area contributed by atoms with E-state index in [0.717, 1.165) is 20.8 Å². The molecule has 2 rings (SSSR count). The van der Waals surface area contributed by atoms with Crippen LogP contribution in [0, 0.1) is 0 Å². The van der Waals surface area contributed by atoms with Crippen LogP contribution in [0.25, 0.3) is 0 Å². The molecule has 0 fully saturated rings. The average molecular weight is 351 g/mol. The van der Waals surface area contributed by atoms with Gasteiger partial charge in [-0.05, 0) is 35.9 Å². The molecule has 0 saturated carbocycles. The predicted octanol–water partition coefficient (Wildman–Crippen LogP) is 5.06. The highest BCUT2D eigenvalue weighted by molar-refractivity contribution is 9.10. The zero-order valence-corrected chi connectivity index (χ0v) is 12.7. The van der Waals surface area contributed by atoms with Gasteiger partial charge in [-0.15, -0.1) is 11.3 Å². The second-order valence-electron chi connectivity index (χ2n) is 3.68. The van der Waals surface area contributed by atoms with Gasteiger partial charge >= 0.3 is 0 Å². The van der Waals surface area contributed by atoms with Gasteiger partial charge in [-0.25, -0.2) is 0 Å². The third-order valence-corrected chi connectivity index (χ3v) is 4.62. The van der Waals surface area contributed by atoms with Crippen LogP contribution >= 0.6 is 50.5 Å². The second-order valence-corrected chi connectivity index (χ2v) is 6.77. The van der Waals surface area contributed by atoms with Gasteiger partial charge in [0.05, 0.1) is 4.34 Å². The summed E-state index contributed by atoms with van der Waals surface area (Å²) in [7, 11) is 0. The van der Waals surface area contributed by atoms with Crippen LogP contribution in [0.2, 0.25) is 9.36 Å². The standard InChI is InChI=1S/C12H10BrCl2NS/c13-10-3-1-7(14)5-9(10)11(16)6-8-2-4-12(15)17-8/h1-5,11H,6,16H2. The van der Waals surface area contributed by atoms with E-state index < -0.39 is 0 Å². The van der Waals surface area contributed by atoms with Crippen molar-refractivity contribution in [3.8, 4) is 0 Å². The number of hydrogen-bond acceptors (Lipinski definition) is 2. The van der Waals surface area contributed by atoms with Crippen LogP contribution in [-0.4, -0.2) is 0 Å². The Labute approximate surface area is 123 Å². The minimum Gasteiger partial charge on any atom is -0.324 e. The molecule has 5 heteroatoms. The largest absolute Gasteiger partial charge is 0.324 e. The van der Waals surface area contributed by atoms with E-state index >= 15 is 0 Å². The summed E-state index contributed by atoms with van der Waals surface area (Å²) >= 11 is 16.9. The molecule has 0 spiro atoms. The van der Waals surface area contributed by atoms with Gasteiger partial charge in [-0.2, -0.15) is 0 Å². The van der Waals surface area contributed by atoms with Crippen LogP contribution in [0.4, 0.5) is 0 Å². The highest BCUT2D eigenvalue weighted by Gasteiger charge is 2.12. The number of hydrogen-bond donors (Lipinski definition) is 1. The predicted molar refractivity (Wildman–Crippen MR) is 79.1 cm³/mol. The lowest BCUT2D eigenvalue weighted by molar-refractivity contribution is 0.726. The molecule has 0 aliphatic carbocycles. The minimum absolute atomic E-state index is 0.0854. The van der Waals surface area contributed by atoms with Crippen LogP contribution in [0.3, 0.4) is 0 Å². The summed E-state index contributed by atoms with van der Waals surface area (Å²) in [6.45, 7) is 0. The van der Waals surface area contributed by atoms with Crippen molar-refractivity contribution in [1.29, 1.82) is 0 Å². The molecule has 0 saturated heterocycles. The first-order valence-electron chi connectivity index (χ1n) is 5.01. The van der Waals surface area contributed by atoms with Gasteiger partial charge in [0.15, 0.2) is 0 Å². The topological polar surface area (TPSA) is 26.0 Å². The fraction of sp³-hybridized carbons (Fsp3) is 0.167. The highest BCUT2D eigenvalue weighted by atomic mass is 79.9. The fourth-order valence-corrected chi connectivity index (χ4v) is 3.45. The van der Waals surface area contributed by atoms with Crippen molar-refractivity contribution in [3.05, 3.63) is 54.6 Å². The Balaban J connectivity index is 2.19. The van der Waals surface area contributed by atoms with E-state index in [0.29, 0.717) is 5.02 Å². The molecule has 0 aliphatic heterocycles. The summed E-state index contributed by atoms with van der Waals surface area (Å²) in [5, 5.41) is 0.697. The first-order chi connectivity index (χ1) is 8.06. The summed E-state index contributed by atoms with van der Waals surface area (Å²) in [6.07, 6.45) is 0.760. The molecule has 0 bridgehead atoms. The molecule has 0 aliphatic rings. The lowest BCUT2D eigenvalue weighted by atomic mass is 10.0. The molecule has 1 aromatic heterocycles. The summed E-state index contributed by atoms with van der Waals surface area (Å²) in [4.78, 5) is 1.18. The summed E-state index contributed by atoms with van der Waals surface area (Å²) in [6, 6.07) is 9.46. The van der Waals surface area contributed by atoms with E-state index in [1.807, 2.05) is 30.3 Å². The van der Waals surface area contributed by atoms with E-state index in [2.05, 4.69) is 15.9 Å². The fourth-order valence-electron chi connectivity index (χ4n) is 1.59. The van der Waals surface area contributed by atoms with Crippen molar-refractivity contribution in [2.45, 2.75) is 12.5 Å². The van der Waals surface area contributed by atoms with Crippen LogP contribution in [-0.2, 0) is 6.42 Å². The Hall–Kier alpha value is -0.0600. The van der Waals surface area contributed by atoms with Gasteiger partial charge in [0.1, 0.15) is 0 Å². The van der Waals surface area contributed by atoms with Crippen molar-refractivity contribution in [2.24, 2.45) is 5.73 Å². The molecule has 17 heavy (non-hydrogen) atoms. The maximum absolute atomic E-state index is 6.18. The number of benzene rings is 1. The first kappa shape index (κ1) is 13.4. The highest BCUT2D eigenvalue weighted by Crippen LogP contribution is 2.30. The minimum atomic E-state index is -0.0854. The molecule has 1 heterocycles. The van der Waals surface area contributed by atoms with Crippen LogP contribution in [0.15, 0.2) is 34.8 Å². The molecule has 2 N–H and O–H groups in total. The van der Waals surface area contributed by atoms with Gasteiger partial charge in [-0.3, -0.25) is 0 Å². The van der Waals surface area contributed by atoms with Gasteiger partial charge < -0.3 is 5.73 Å². The SMILES string of the molecule is NC(Cc1ccc(Cl)s1)c1cc(Cl)ccc1Br. The lowest BCUT2D eigenvalue weighted by Crippen LogP contribution is -2.13. The molecule has 2 aromatic rings. The zero-order chi connectivity index (χ0) is 12.4. The maximum atomic E-state index is 6.18. The molecule has 1 atom stereocenters. The second kappa shape index (κ2) is 5.72. The van der Waals surface area contributed by atoms with Crippen molar-refractivity contribution in [3.63, 3.8) is 0 Å². The smallest absolute Gasteiger partial charge is 0.0931 e. The van der Waals surface area contributed by atoms with Crippen LogP contribution in [0.1, 0.15) is 16.5 Å². The van der Waals surface area contributed by atoms with Crippen molar-refractivity contribution < 1.29 is 0 Å². The molecule has 1 aromatic carbocycles. The van der Waals surface area contributed by atoms with Gasteiger partial charge in [-0.1, -0.05) is 39.1 Å². The Morgan fingerprint density at radius 1 is 1.24 bits per heavy atom. The molecule has 1 unspecified atom stereocenters. The van der Waals surface area contributed by atoms with E-state index in [4.69, 9.17) is 28.9 Å². The maximum Gasteiger partial charge on any atom is 0.0931 e. The molecule has 90 valence electrons. The molecule has 0 amide bonds. The molecule has 0 radical (unpaired) electrons. The quantitative estimate of drug-likeness (QED) is 0.822. The van der Waals surface area contributed by atoms with Crippen molar-refractivity contribution in [1.82, 2.24) is 0 Å². The third-order valence-electron chi connectivity index (χ3n) is 2.41. The lowest BCUT2D eigenvalue weighted by Gasteiger charge is -2.13. The monoisotopic (exact) mass is 349 g/mol. The number of nitrogens with two attached hydrogens (primary N) is 1. The number of rotatable bonds is 3. The van der Waals surface area contributed by atoms with E-state index in [1.54, 1.807) is 11.3 Å². The number of thiophene rings is 1. The van der Waals surface area contributed by atoms with E-state index in [9.17, 15) is 0 Å². The first-order valence-corrected chi connectivity index (χ1v) is 7.37. The zero-order valence-electron chi connectivity index (χ0n) is 8.79. The van der Waals surface area contributed by atoms with Gasteiger partial charge in [0.25, 0.3) is 0 Å². The van der Waals surface area contributed by atoms with E-state index in [1.165, 1.54) is 4.88 Å². The third kappa shape index (κ3) is 3.46. The molecular weight excluding hydrogens is 341 g/mol. The Bertz CT molecular complexity index is 527. The summed E-state index contributed by atoms with van der Waals surface area (Å²) in [5.74, 6) is 0. The summed E-state index contributed by atoms with van der Waals surface area (Å²) < 4.78 is 1.77. The summed E-state index contributed by atoms with van der Waals surface area (Å²) in [5.41, 5.74) is 7.20. The van der Waals surface area contributed by atoms with Crippen LogP contribution in [0.5, 0.6) is 0 Å². The van der Waals surface area contributed by atoms with Gasteiger partial charge in [0, 0.05) is 26.8 Å². The van der Waals surface area contributed by atoms with Gasteiger partial charge in [0.2, 0.25) is 0 Å². The Morgan fingerprint density at radius 2 is 2.00 bits per heavy atom. The van der Waals surface area contributed by atoms with Crippen molar-refractivity contribution >= 4 is 50.5 Å². The molecule has 1 nitrogen and oxygen atoms in total. The van der Waals surface area contributed by atoms with Crippen molar-refractivity contribution in [2.75, 3.05) is 0 Å². The normalized spacial score (nSPS) is 12.7. The van der Waals surface area contributed by atoms with E-state index in [-0.39, 0.29) is 6.04 Å². The Morgan fingerprint density at radius 3 is 2.65 bits per heavy atom. The Kier molecular flexibility index (Phi) is 4.50. The number of halogens is 3. The van der Waals surface area contributed by atoms with Crippen LogP contribution < -0.4 is 5.73 Å². The molecular formula is C12H10BrCl2NS.